The Kier molecular flexibility index (Phi) is 2.63. The molecule has 5 nitrogen and oxygen atoms in total. The molecular weight excluding hydrogens is 276 g/mol. The molecule has 0 saturated carbocycles. The third-order valence-electron chi connectivity index (χ3n) is 2.54. The molecule has 1 aromatic rings. The number of β-amino-alcohol motifs (C(OH)–C–C–N with tert-alkyl or cyclic N) is 1. The number of anilines is 1. The lowest BCUT2D eigenvalue weighted by Crippen LogP contribution is -2.60. The van der Waals surface area contributed by atoms with Gasteiger partial charge in [-0.2, -0.15) is 0 Å². The van der Waals surface area contributed by atoms with Crippen molar-refractivity contribution in [1.82, 2.24) is 0 Å². The third kappa shape index (κ3) is 2.03. The van der Waals surface area contributed by atoms with Crippen molar-refractivity contribution in [2.45, 2.75) is 12.5 Å². The Bertz CT molecular complexity index is 440. The maximum absolute atomic E-state index is 10.8. The van der Waals surface area contributed by atoms with Crippen LogP contribution in [-0.2, 0) is 0 Å². The summed E-state index contributed by atoms with van der Waals surface area (Å²) in [6.45, 7) is 2.56. The van der Waals surface area contributed by atoms with Gasteiger partial charge in [-0.05, 0) is 19.1 Å². The summed E-state index contributed by atoms with van der Waals surface area (Å²) in [7, 11) is 0. The SMILES string of the molecule is CC1(O)CN(c2cc(Br)ccc2[N+](=O)[O-])C1. The molecule has 1 aromatic carbocycles. The summed E-state index contributed by atoms with van der Waals surface area (Å²) in [6.07, 6.45) is 0. The standard InChI is InChI=1S/C10H11BrN2O3/c1-10(14)5-12(6-10)9-4-7(11)2-3-8(9)13(15)16/h2-4,14H,5-6H2,1H3. The molecule has 1 aliphatic heterocycles. The van der Waals surface area contributed by atoms with Gasteiger partial charge in [0.05, 0.1) is 10.5 Å². The predicted molar refractivity (Wildman–Crippen MR) is 63.6 cm³/mol. The smallest absolute Gasteiger partial charge is 0.292 e. The van der Waals surface area contributed by atoms with Crippen molar-refractivity contribution < 1.29 is 10.0 Å². The number of nitro groups is 1. The molecule has 0 atom stereocenters. The van der Waals surface area contributed by atoms with Crippen molar-refractivity contribution in [2.75, 3.05) is 18.0 Å². The van der Waals surface area contributed by atoms with E-state index in [1.54, 1.807) is 24.0 Å². The van der Waals surface area contributed by atoms with E-state index in [1.807, 2.05) is 0 Å². The highest BCUT2D eigenvalue weighted by molar-refractivity contribution is 9.10. The van der Waals surface area contributed by atoms with E-state index in [9.17, 15) is 15.2 Å². The molecule has 0 amide bonds. The molecule has 0 aromatic heterocycles. The molecule has 0 radical (unpaired) electrons. The molecular formula is C10H11BrN2O3. The fourth-order valence-corrected chi connectivity index (χ4v) is 2.20. The van der Waals surface area contributed by atoms with Gasteiger partial charge in [0.1, 0.15) is 5.69 Å². The fourth-order valence-electron chi connectivity index (χ4n) is 1.85. The maximum atomic E-state index is 10.8. The van der Waals surface area contributed by atoms with Gasteiger partial charge in [-0.3, -0.25) is 10.1 Å². The molecule has 16 heavy (non-hydrogen) atoms. The molecule has 1 saturated heterocycles. The first-order chi connectivity index (χ1) is 7.39. The van der Waals surface area contributed by atoms with Gasteiger partial charge in [0.15, 0.2) is 0 Å². The number of hydrogen-bond donors (Lipinski definition) is 1. The minimum Gasteiger partial charge on any atom is -0.386 e. The van der Waals surface area contributed by atoms with E-state index in [0.717, 1.165) is 4.47 Å². The molecule has 0 bridgehead atoms. The lowest BCUT2D eigenvalue weighted by molar-refractivity contribution is -0.384. The molecule has 0 aliphatic carbocycles. The van der Waals surface area contributed by atoms with E-state index in [0.29, 0.717) is 18.8 Å². The summed E-state index contributed by atoms with van der Waals surface area (Å²) in [5, 5.41) is 20.5. The average Bonchev–Trinajstić information content (AvgIpc) is 2.13. The summed E-state index contributed by atoms with van der Waals surface area (Å²) in [5.74, 6) is 0. The molecule has 1 fully saturated rings. The van der Waals surface area contributed by atoms with Gasteiger partial charge in [-0.25, -0.2) is 0 Å². The van der Waals surface area contributed by atoms with E-state index < -0.39 is 10.5 Å². The molecule has 2 rings (SSSR count). The topological polar surface area (TPSA) is 66.6 Å². The van der Waals surface area contributed by atoms with Gasteiger partial charge in [0.25, 0.3) is 5.69 Å². The molecule has 0 unspecified atom stereocenters. The number of aliphatic hydroxyl groups is 1. The van der Waals surface area contributed by atoms with Gasteiger partial charge < -0.3 is 10.0 Å². The number of nitrogens with zero attached hydrogens (tertiary/aromatic N) is 2. The van der Waals surface area contributed by atoms with Crippen LogP contribution in [0, 0.1) is 10.1 Å². The third-order valence-corrected chi connectivity index (χ3v) is 3.03. The van der Waals surface area contributed by atoms with E-state index in [2.05, 4.69) is 15.9 Å². The minimum absolute atomic E-state index is 0.0682. The highest BCUT2D eigenvalue weighted by atomic mass is 79.9. The maximum Gasteiger partial charge on any atom is 0.292 e. The van der Waals surface area contributed by atoms with E-state index in [-0.39, 0.29) is 5.69 Å². The average molecular weight is 287 g/mol. The monoisotopic (exact) mass is 286 g/mol. The second-order valence-electron chi connectivity index (χ2n) is 4.24. The van der Waals surface area contributed by atoms with Crippen LogP contribution >= 0.6 is 15.9 Å². The number of benzene rings is 1. The number of nitro benzene ring substituents is 1. The first kappa shape index (κ1) is 11.3. The molecule has 86 valence electrons. The first-order valence-electron chi connectivity index (χ1n) is 4.80. The molecule has 1 heterocycles. The Balaban J connectivity index is 2.33. The highest BCUT2D eigenvalue weighted by Crippen LogP contribution is 2.36. The fraction of sp³-hybridized carbons (Fsp3) is 0.400. The van der Waals surface area contributed by atoms with Crippen molar-refractivity contribution in [2.24, 2.45) is 0 Å². The quantitative estimate of drug-likeness (QED) is 0.666. The van der Waals surface area contributed by atoms with Crippen LogP contribution in [0.15, 0.2) is 22.7 Å². The lowest BCUT2D eigenvalue weighted by atomic mass is 9.96. The van der Waals surface area contributed by atoms with Crippen LogP contribution in [0.1, 0.15) is 6.92 Å². The Labute approximate surface area is 101 Å². The summed E-state index contributed by atoms with van der Waals surface area (Å²) < 4.78 is 0.791. The van der Waals surface area contributed by atoms with Crippen LogP contribution in [0.3, 0.4) is 0 Å². The van der Waals surface area contributed by atoms with Crippen LogP contribution in [0.5, 0.6) is 0 Å². The van der Waals surface area contributed by atoms with Crippen molar-refractivity contribution in [3.63, 3.8) is 0 Å². The molecule has 0 spiro atoms. The summed E-state index contributed by atoms with van der Waals surface area (Å²) in [4.78, 5) is 12.2. The number of rotatable bonds is 2. The Morgan fingerprint density at radius 1 is 1.56 bits per heavy atom. The zero-order valence-corrected chi connectivity index (χ0v) is 10.3. The van der Waals surface area contributed by atoms with Gasteiger partial charge >= 0.3 is 0 Å². The number of halogens is 1. The van der Waals surface area contributed by atoms with E-state index in [1.165, 1.54) is 6.07 Å². The minimum atomic E-state index is -0.740. The zero-order chi connectivity index (χ0) is 11.9. The van der Waals surface area contributed by atoms with Crippen LogP contribution in [0.25, 0.3) is 0 Å². The lowest BCUT2D eigenvalue weighted by Gasteiger charge is -2.45. The highest BCUT2D eigenvalue weighted by Gasteiger charge is 2.39. The van der Waals surface area contributed by atoms with E-state index >= 15 is 0 Å². The normalized spacial score (nSPS) is 18.1. The number of hydrogen-bond acceptors (Lipinski definition) is 4. The van der Waals surface area contributed by atoms with Gasteiger partial charge in [0.2, 0.25) is 0 Å². The van der Waals surface area contributed by atoms with Crippen LogP contribution in [-0.4, -0.2) is 28.7 Å². The second kappa shape index (κ2) is 3.71. The van der Waals surface area contributed by atoms with Gasteiger partial charge in [-0.1, -0.05) is 15.9 Å². The van der Waals surface area contributed by atoms with Crippen molar-refractivity contribution in [3.05, 3.63) is 32.8 Å². The molecule has 1 aliphatic rings. The van der Waals surface area contributed by atoms with Crippen LogP contribution in [0.2, 0.25) is 0 Å². The van der Waals surface area contributed by atoms with Crippen LogP contribution in [0.4, 0.5) is 11.4 Å². The van der Waals surface area contributed by atoms with Gasteiger partial charge in [0, 0.05) is 23.6 Å². The summed E-state index contributed by atoms with van der Waals surface area (Å²) in [5.41, 5.74) is -0.125. The van der Waals surface area contributed by atoms with Gasteiger partial charge in [-0.15, -0.1) is 0 Å². The van der Waals surface area contributed by atoms with E-state index in [4.69, 9.17) is 0 Å². The summed E-state index contributed by atoms with van der Waals surface area (Å²) >= 11 is 3.28. The zero-order valence-electron chi connectivity index (χ0n) is 8.68. The molecule has 6 heteroatoms. The summed E-state index contributed by atoms with van der Waals surface area (Å²) in [6, 6.07) is 4.80. The van der Waals surface area contributed by atoms with Crippen molar-refractivity contribution >= 4 is 27.3 Å². The Morgan fingerprint density at radius 2 is 2.19 bits per heavy atom. The largest absolute Gasteiger partial charge is 0.386 e. The Hall–Kier alpha value is -1.14. The van der Waals surface area contributed by atoms with Crippen LogP contribution < -0.4 is 4.90 Å². The second-order valence-corrected chi connectivity index (χ2v) is 5.16. The predicted octanol–water partition coefficient (Wildman–Crippen LogP) is 1.93. The first-order valence-corrected chi connectivity index (χ1v) is 5.60. The molecule has 1 N–H and O–H groups in total. The van der Waals surface area contributed by atoms with Crippen molar-refractivity contribution in [1.29, 1.82) is 0 Å². The van der Waals surface area contributed by atoms with Crippen molar-refractivity contribution in [3.8, 4) is 0 Å². The Morgan fingerprint density at radius 3 is 2.69 bits per heavy atom.